The fourth-order valence-electron chi connectivity index (χ4n) is 1.76. The Bertz CT molecular complexity index is 680. The molecule has 0 saturated heterocycles. The third-order valence-electron chi connectivity index (χ3n) is 2.79. The van der Waals surface area contributed by atoms with Crippen molar-refractivity contribution in [1.29, 1.82) is 0 Å². The molecule has 20 heavy (non-hydrogen) atoms. The minimum atomic E-state index is 0.780. The largest absolute Gasteiger partial charge is 0.258 e. The Balaban J connectivity index is 1.67. The van der Waals surface area contributed by atoms with Crippen molar-refractivity contribution in [2.45, 2.75) is 10.9 Å². The summed E-state index contributed by atoms with van der Waals surface area (Å²) < 4.78 is 1.25. The Morgan fingerprint density at radius 1 is 1.00 bits per heavy atom. The van der Waals surface area contributed by atoms with Crippen LogP contribution in [0.2, 0.25) is 0 Å². The molecular weight excluding hydrogens is 381 g/mol. The van der Waals surface area contributed by atoms with E-state index in [2.05, 4.69) is 62.0 Å². The van der Waals surface area contributed by atoms with Crippen LogP contribution in [0.4, 0.5) is 0 Å². The highest BCUT2D eigenvalue weighted by atomic mass is 127. The van der Waals surface area contributed by atoms with Crippen LogP contribution in [0.25, 0.3) is 11.4 Å². The summed E-state index contributed by atoms with van der Waals surface area (Å²) in [5, 5.41) is 8.01. The molecule has 0 aliphatic heterocycles. The number of halogens is 1. The fraction of sp³-hybridized carbons (Fsp3) is 0.0667. The summed E-state index contributed by atoms with van der Waals surface area (Å²) in [5.74, 6) is 1.69. The normalized spacial score (nSPS) is 10.7. The van der Waals surface area contributed by atoms with Gasteiger partial charge in [-0.2, -0.15) is 0 Å². The van der Waals surface area contributed by atoms with Gasteiger partial charge in [-0.3, -0.25) is 5.10 Å². The summed E-state index contributed by atoms with van der Waals surface area (Å²) in [6.45, 7) is 0. The number of hydrogen-bond donors (Lipinski definition) is 1. The maximum atomic E-state index is 4.51. The van der Waals surface area contributed by atoms with E-state index in [1.165, 1.54) is 9.13 Å². The van der Waals surface area contributed by atoms with Gasteiger partial charge < -0.3 is 0 Å². The first-order chi connectivity index (χ1) is 9.81. The van der Waals surface area contributed by atoms with Crippen molar-refractivity contribution in [2.24, 2.45) is 0 Å². The van der Waals surface area contributed by atoms with Gasteiger partial charge in [-0.15, -0.1) is 5.10 Å². The van der Waals surface area contributed by atoms with Crippen LogP contribution in [-0.4, -0.2) is 15.2 Å². The number of aromatic nitrogens is 3. The molecule has 3 rings (SSSR count). The Kier molecular flexibility index (Phi) is 4.37. The molecule has 5 heteroatoms. The molecule has 0 aliphatic carbocycles. The summed E-state index contributed by atoms with van der Waals surface area (Å²) in [6, 6.07) is 18.5. The Hall–Kier alpha value is -1.34. The first-order valence-corrected chi connectivity index (χ1v) is 8.23. The third-order valence-corrected chi connectivity index (χ3v) is 4.43. The second-order valence-corrected chi connectivity index (χ2v) is 6.44. The molecule has 1 aromatic heterocycles. The molecule has 0 amide bonds. The van der Waals surface area contributed by atoms with E-state index in [0.717, 1.165) is 22.3 Å². The number of benzene rings is 2. The summed E-state index contributed by atoms with van der Waals surface area (Å²) in [6.07, 6.45) is 0. The maximum Gasteiger partial charge on any atom is 0.209 e. The smallest absolute Gasteiger partial charge is 0.209 e. The Morgan fingerprint density at radius 2 is 1.75 bits per heavy atom. The zero-order valence-corrected chi connectivity index (χ0v) is 13.6. The molecule has 0 bridgehead atoms. The average Bonchev–Trinajstić information content (AvgIpc) is 2.97. The van der Waals surface area contributed by atoms with Gasteiger partial charge in [0.2, 0.25) is 5.16 Å². The lowest BCUT2D eigenvalue weighted by molar-refractivity contribution is 0.973. The van der Waals surface area contributed by atoms with Crippen molar-refractivity contribution in [2.75, 3.05) is 0 Å². The molecule has 3 nitrogen and oxygen atoms in total. The lowest BCUT2D eigenvalue weighted by Crippen LogP contribution is -1.82. The molecule has 3 aromatic rings. The van der Waals surface area contributed by atoms with Gasteiger partial charge in [0.15, 0.2) is 5.82 Å². The highest BCUT2D eigenvalue weighted by molar-refractivity contribution is 14.1. The number of nitrogens with one attached hydrogen (secondary N) is 1. The van der Waals surface area contributed by atoms with Crippen molar-refractivity contribution < 1.29 is 0 Å². The minimum Gasteiger partial charge on any atom is -0.258 e. The minimum absolute atomic E-state index is 0.780. The number of thioether (sulfide) groups is 1. The van der Waals surface area contributed by atoms with Crippen molar-refractivity contribution in [3.8, 4) is 11.4 Å². The van der Waals surface area contributed by atoms with E-state index >= 15 is 0 Å². The standard InChI is InChI=1S/C15H12IN3S/c16-13-8-6-11(7-9-13)10-20-15-17-14(18-19-15)12-4-2-1-3-5-12/h1-9H,10H2,(H,17,18,19). The van der Waals surface area contributed by atoms with Gasteiger partial charge in [-0.25, -0.2) is 4.98 Å². The lowest BCUT2D eigenvalue weighted by atomic mass is 10.2. The van der Waals surface area contributed by atoms with E-state index in [1.54, 1.807) is 11.8 Å². The summed E-state index contributed by atoms with van der Waals surface area (Å²) in [7, 11) is 0. The number of hydrogen-bond acceptors (Lipinski definition) is 3. The predicted molar refractivity (Wildman–Crippen MR) is 90.5 cm³/mol. The maximum absolute atomic E-state index is 4.51. The van der Waals surface area contributed by atoms with Crippen molar-refractivity contribution in [3.63, 3.8) is 0 Å². The average molecular weight is 393 g/mol. The first kappa shape index (κ1) is 13.6. The van der Waals surface area contributed by atoms with Crippen molar-refractivity contribution in [1.82, 2.24) is 15.2 Å². The molecule has 0 unspecified atom stereocenters. The van der Waals surface area contributed by atoms with Crippen LogP contribution in [0, 0.1) is 3.57 Å². The predicted octanol–water partition coefficient (Wildman–Crippen LogP) is 4.37. The molecule has 0 saturated carbocycles. The van der Waals surface area contributed by atoms with Gasteiger partial charge in [0, 0.05) is 14.9 Å². The number of aromatic amines is 1. The molecule has 0 atom stereocenters. The molecule has 0 radical (unpaired) electrons. The zero-order valence-electron chi connectivity index (χ0n) is 10.6. The fourth-order valence-corrected chi connectivity index (χ4v) is 2.88. The SMILES string of the molecule is Ic1ccc(CSc2n[nH]c(-c3ccccc3)n2)cc1. The Morgan fingerprint density at radius 3 is 2.50 bits per heavy atom. The van der Waals surface area contributed by atoms with E-state index < -0.39 is 0 Å². The van der Waals surface area contributed by atoms with Crippen molar-refractivity contribution in [3.05, 3.63) is 63.7 Å². The van der Waals surface area contributed by atoms with Crippen LogP contribution >= 0.6 is 34.4 Å². The summed E-state index contributed by atoms with van der Waals surface area (Å²) >= 11 is 3.95. The van der Waals surface area contributed by atoms with Gasteiger partial charge in [0.25, 0.3) is 0 Å². The van der Waals surface area contributed by atoms with E-state index in [4.69, 9.17) is 0 Å². The second kappa shape index (κ2) is 6.41. The van der Waals surface area contributed by atoms with Gasteiger partial charge in [-0.05, 0) is 40.3 Å². The number of nitrogens with zero attached hydrogens (tertiary/aromatic N) is 2. The molecule has 0 fully saturated rings. The van der Waals surface area contributed by atoms with Crippen LogP contribution in [-0.2, 0) is 5.75 Å². The van der Waals surface area contributed by atoms with Crippen LogP contribution in [0.1, 0.15) is 5.56 Å². The van der Waals surface area contributed by atoms with Gasteiger partial charge >= 0.3 is 0 Å². The highest BCUT2D eigenvalue weighted by Crippen LogP contribution is 2.22. The highest BCUT2D eigenvalue weighted by Gasteiger charge is 2.05. The van der Waals surface area contributed by atoms with Gasteiger partial charge in [0.1, 0.15) is 0 Å². The Labute approximate surface area is 135 Å². The molecule has 0 aliphatic rings. The number of H-pyrrole nitrogens is 1. The van der Waals surface area contributed by atoms with E-state index in [1.807, 2.05) is 30.3 Å². The van der Waals surface area contributed by atoms with Gasteiger partial charge in [0.05, 0.1) is 0 Å². The molecule has 2 aromatic carbocycles. The molecular formula is C15H12IN3S. The monoisotopic (exact) mass is 393 g/mol. The third kappa shape index (κ3) is 3.40. The van der Waals surface area contributed by atoms with E-state index in [9.17, 15) is 0 Å². The molecule has 1 heterocycles. The molecule has 0 spiro atoms. The van der Waals surface area contributed by atoms with E-state index in [0.29, 0.717) is 0 Å². The molecule has 100 valence electrons. The van der Waals surface area contributed by atoms with E-state index in [-0.39, 0.29) is 0 Å². The zero-order chi connectivity index (χ0) is 13.8. The van der Waals surface area contributed by atoms with Crippen LogP contribution in [0.3, 0.4) is 0 Å². The topological polar surface area (TPSA) is 41.6 Å². The summed E-state index contributed by atoms with van der Waals surface area (Å²) in [5.41, 5.74) is 2.34. The molecule has 1 N–H and O–H groups in total. The summed E-state index contributed by atoms with van der Waals surface area (Å²) in [4.78, 5) is 4.51. The second-order valence-electron chi connectivity index (χ2n) is 4.25. The quantitative estimate of drug-likeness (QED) is 0.529. The van der Waals surface area contributed by atoms with Crippen LogP contribution in [0.5, 0.6) is 0 Å². The lowest BCUT2D eigenvalue weighted by Gasteiger charge is -1.98. The number of rotatable bonds is 4. The first-order valence-electron chi connectivity index (χ1n) is 6.16. The van der Waals surface area contributed by atoms with Crippen molar-refractivity contribution >= 4 is 34.4 Å². The van der Waals surface area contributed by atoms with Crippen LogP contribution < -0.4 is 0 Å². The van der Waals surface area contributed by atoms with Crippen LogP contribution in [0.15, 0.2) is 59.8 Å². The van der Waals surface area contributed by atoms with Gasteiger partial charge in [-0.1, -0.05) is 54.2 Å².